The van der Waals surface area contributed by atoms with Crippen LogP contribution in [-0.4, -0.2) is 10.2 Å². The van der Waals surface area contributed by atoms with Crippen LogP contribution in [0, 0.1) is 0 Å². The number of hydrogen-bond donors (Lipinski definition) is 6. The normalized spacial score (nSPS) is 10.0. The first-order valence-corrected chi connectivity index (χ1v) is 6.49. The van der Waals surface area contributed by atoms with Gasteiger partial charge in [-0.2, -0.15) is 0 Å². The second kappa shape index (κ2) is 6.01. The van der Waals surface area contributed by atoms with Gasteiger partial charge in [0.05, 0.1) is 11.4 Å². The standard InChI is InChI=1S/C10H10N2.C6H8N2O2/c11-9-6-5-7-3-1-2-4-8(7)10(9)12;7-3-1-4(9)6(8)5(10)2-3/h1-6H,11-12H2;1-2,9-10H,7-8H2. The molecule has 0 heterocycles. The van der Waals surface area contributed by atoms with Crippen LogP contribution in [0.4, 0.5) is 22.7 Å². The molecule has 6 heteroatoms. The molecule has 22 heavy (non-hydrogen) atoms. The van der Waals surface area contributed by atoms with Crippen molar-refractivity contribution in [3.63, 3.8) is 0 Å². The fourth-order valence-electron chi connectivity index (χ4n) is 1.96. The summed E-state index contributed by atoms with van der Waals surface area (Å²) in [6.07, 6.45) is 0. The number of benzene rings is 3. The van der Waals surface area contributed by atoms with Crippen molar-refractivity contribution in [2.75, 3.05) is 22.9 Å². The third kappa shape index (κ3) is 3.06. The Balaban J connectivity index is 0.000000164. The summed E-state index contributed by atoms with van der Waals surface area (Å²) in [6, 6.07) is 14.3. The van der Waals surface area contributed by atoms with Crippen molar-refractivity contribution in [2.45, 2.75) is 0 Å². The molecule has 0 radical (unpaired) electrons. The highest BCUT2D eigenvalue weighted by molar-refractivity contribution is 5.98. The average Bonchev–Trinajstić information content (AvgIpc) is 2.49. The molecule has 0 unspecified atom stereocenters. The number of anilines is 4. The molecule has 0 saturated carbocycles. The quantitative estimate of drug-likeness (QED) is 0.277. The predicted octanol–water partition coefficient (Wildman–Crippen LogP) is 2.27. The summed E-state index contributed by atoms with van der Waals surface area (Å²) in [4.78, 5) is 0. The fraction of sp³-hybridized carbons (Fsp3) is 0. The molecular formula is C16H18N4O2. The molecule has 0 aliphatic rings. The summed E-state index contributed by atoms with van der Waals surface area (Å²) < 4.78 is 0. The summed E-state index contributed by atoms with van der Waals surface area (Å²) in [7, 11) is 0. The zero-order chi connectivity index (χ0) is 16.3. The van der Waals surface area contributed by atoms with Gasteiger partial charge in [0.15, 0.2) is 0 Å². The molecule has 3 rings (SSSR count). The molecule has 0 aliphatic carbocycles. The van der Waals surface area contributed by atoms with Gasteiger partial charge in [0.25, 0.3) is 0 Å². The molecule has 0 atom stereocenters. The Labute approximate surface area is 127 Å². The molecule has 0 spiro atoms. The van der Waals surface area contributed by atoms with E-state index in [0.717, 1.165) is 10.8 Å². The van der Waals surface area contributed by atoms with E-state index in [4.69, 9.17) is 33.1 Å². The number of aromatic hydroxyl groups is 2. The van der Waals surface area contributed by atoms with E-state index in [1.54, 1.807) is 0 Å². The first-order valence-electron chi connectivity index (χ1n) is 6.49. The summed E-state index contributed by atoms with van der Waals surface area (Å²) in [6.45, 7) is 0. The van der Waals surface area contributed by atoms with Crippen molar-refractivity contribution in [1.29, 1.82) is 0 Å². The molecule has 0 aromatic heterocycles. The van der Waals surface area contributed by atoms with Gasteiger partial charge in [-0.15, -0.1) is 0 Å². The maximum absolute atomic E-state index is 8.92. The average molecular weight is 298 g/mol. The number of phenols is 2. The maximum atomic E-state index is 8.92. The van der Waals surface area contributed by atoms with Crippen molar-refractivity contribution in [2.24, 2.45) is 0 Å². The van der Waals surface area contributed by atoms with Crippen molar-refractivity contribution in [3.05, 3.63) is 48.5 Å². The van der Waals surface area contributed by atoms with E-state index in [9.17, 15) is 0 Å². The number of nitrogens with two attached hydrogens (primary N) is 4. The Kier molecular flexibility index (Phi) is 4.13. The molecule has 114 valence electrons. The zero-order valence-corrected chi connectivity index (χ0v) is 11.8. The van der Waals surface area contributed by atoms with Gasteiger partial charge >= 0.3 is 0 Å². The molecule has 3 aromatic carbocycles. The minimum atomic E-state index is -0.197. The minimum Gasteiger partial charge on any atom is -0.506 e. The first-order chi connectivity index (χ1) is 10.4. The predicted molar refractivity (Wildman–Crippen MR) is 91.4 cm³/mol. The highest BCUT2D eigenvalue weighted by atomic mass is 16.3. The largest absolute Gasteiger partial charge is 0.506 e. The molecular weight excluding hydrogens is 280 g/mol. The van der Waals surface area contributed by atoms with Gasteiger partial charge in [0, 0.05) is 23.2 Å². The monoisotopic (exact) mass is 298 g/mol. The first kappa shape index (κ1) is 15.1. The Morgan fingerprint density at radius 1 is 0.682 bits per heavy atom. The lowest BCUT2D eigenvalue weighted by atomic mass is 10.1. The minimum absolute atomic E-state index is 0.0470. The van der Waals surface area contributed by atoms with Gasteiger partial charge in [-0.05, 0) is 11.5 Å². The highest BCUT2D eigenvalue weighted by Gasteiger charge is 2.02. The van der Waals surface area contributed by atoms with Gasteiger partial charge in [0.2, 0.25) is 0 Å². The zero-order valence-electron chi connectivity index (χ0n) is 11.8. The molecule has 0 aliphatic heterocycles. The highest BCUT2D eigenvalue weighted by Crippen LogP contribution is 2.31. The van der Waals surface area contributed by atoms with Gasteiger partial charge in [-0.3, -0.25) is 0 Å². The lowest BCUT2D eigenvalue weighted by Gasteiger charge is -2.03. The molecule has 3 aromatic rings. The third-order valence-corrected chi connectivity index (χ3v) is 3.16. The molecule has 6 nitrogen and oxygen atoms in total. The number of nitrogen functional groups attached to an aromatic ring is 4. The van der Waals surface area contributed by atoms with Crippen LogP contribution in [0.25, 0.3) is 10.8 Å². The summed E-state index contributed by atoms with van der Waals surface area (Å²) in [5.41, 5.74) is 23.5. The smallest absolute Gasteiger partial charge is 0.144 e. The maximum Gasteiger partial charge on any atom is 0.144 e. The number of hydrogen-bond acceptors (Lipinski definition) is 6. The molecule has 0 bridgehead atoms. The van der Waals surface area contributed by atoms with Crippen LogP contribution >= 0.6 is 0 Å². The Morgan fingerprint density at radius 3 is 1.91 bits per heavy atom. The van der Waals surface area contributed by atoms with E-state index in [1.165, 1.54) is 12.1 Å². The van der Waals surface area contributed by atoms with E-state index in [2.05, 4.69) is 0 Å². The van der Waals surface area contributed by atoms with Crippen LogP contribution in [0.5, 0.6) is 11.5 Å². The number of phenolic OH excluding ortho intramolecular Hbond substituents is 2. The van der Waals surface area contributed by atoms with E-state index >= 15 is 0 Å². The molecule has 0 saturated heterocycles. The number of fused-ring (bicyclic) bond motifs is 1. The van der Waals surface area contributed by atoms with Gasteiger partial charge in [-0.1, -0.05) is 30.3 Å². The second-order valence-electron chi connectivity index (χ2n) is 4.76. The van der Waals surface area contributed by atoms with E-state index in [-0.39, 0.29) is 22.9 Å². The van der Waals surface area contributed by atoms with Crippen LogP contribution in [0.2, 0.25) is 0 Å². The lowest BCUT2D eigenvalue weighted by molar-refractivity contribution is 0.456. The van der Waals surface area contributed by atoms with Gasteiger partial charge < -0.3 is 33.1 Å². The van der Waals surface area contributed by atoms with E-state index in [0.29, 0.717) is 11.4 Å². The van der Waals surface area contributed by atoms with Crippen molar-refractivity contribution >= 4 is 33.5 Å². The van der Waals surface area contributed by atoms with Crippen LogP contribution in [0.3, 0.4) is 0 Å². The summed E-state index contributed by atoms with van der Waals surface area (Å²) in [5.74, 6) is -0.394. The van der Waals surface area contributed by atoms with Gasteiger partial charge in [-0.25, -0.2) is 0 Å². The molecule has 0 fully saturated rings. The van der Waals surface area contributed by atoms with Crippen molar-refractivity contribution < 1.29 is 10.2 Å². The van der Waals surface area contributed by atoms with Gasteiger partial charge in [0.1, 0.15) is 17.2 Å². The van der Waals surface area contributed by atoms with E-state index in [1.807, 2.05) is 36.4 Å². The Morgan fingerprint density at radius 2 is 1.27 bits per heavy atom. The summed E-state index contributed by atoms with van der Waals surface area (Å²) >= 11 is 0. The van der Waals surface area contributed by atoms with Crippen molar-refractivity contribution in [1.82, 2.24) is 0 Å². The Bertz CT molecular complexity index is 795. The van der Waals surface area contributed by atoms with Crippen LogP contribution in [0.15, 0.2) is 48.5 Å². The second-order valence-corrected chi connectivity index (χ2v) is 4.76. The molecule has 0 amide bonds. The van der Waals surface area contributed by atoms with Crippen molar-refractivity contribution in [3.8, 4) is 11.5 Å². The van der Waals surface area contributed by atoms with Crippen LogP contribution < -0.4 is 22.9 Å². The third-order valence-electron chi connectivity index (χ3n) is 3.16. The lowest BCUT2D eigenvalue weighted by Crippen LogP contribution is -1.94. The van der Waals surface area contributed by atoms with Crippen LogP contribution in [0.1, 0.15) is 0 Å². The Hall–Kier alpha value is -3.28. The SMILES string of the molecule is Nc1cc(O)c(N)c(O)c1.Nc1ccc2ccccc2c1N. The fourth-order valence-corrected chi connectivity index (χ4v) is 1.96. The molecule has 10 N–H and O–H groups in total. The topological polar surface area (TPSA) is 145 Å². The number of rotatable bonds is 0. The van der Waals surface area contributed by atoms with Crippen LogP contribution in [-0.2, 0) is 0 Å². The van der Waals surface area contributed by atoms with E-state index < -0.39 is 0 Å². The summed E-state index contributed by atoms with van der Waals surface area (Å²) in [5, 5.41) is 20.0.